The first-order chi connectivity index (χ1) is 13.6. The standard InChI is InChI=1S/C20H21F3N4O2/c1-13-12-26(18(28)19(2,29)20(21,22)23)10-8-16(13)17-7-9-25-27(17)15-5-3-14(11-24)4-6-15/h3-7,9,13,16,29H,8,10,12H2,1-2H3/t13-,16+,19?/m1/s1. The first kappa shape index (κ1) is 20.9. The molecule has 3 atom stereocenters. The van der Waals surface area contributed by atoms with Crippen LogP contribution in [-0.2, 0) is 4.79 Å². The predicted molar refractivity (Wildman–Crippen MR) is 98.1 cm³/mol. The molecule has 1 amide bonds. The van der Waals surface area contributed by atoms with E-state index >= 15 is 0 Å². The fourth-order valence-electron chi connectivity index (χ4n) is 3.69. The van der Waals surface area contributed by atoms with E-state index < -0.39 is 17.7 Å². The van der Waals surface area contributed by atoms with E-state index in [0.29, 0.717) is 18.9 Å². The molecule has 6 nitrogen and oxygen atoms in total. The lowest BCUT2D eigenvalue weighted by molar-refractivity contribution is -0.250. The second-order valence-corrected chi connectivity index (χ2v) is 7.52. The van der Waals surface area contributed by atoms with Crippen molar-refractivity contribution in [2.24, 2.45) is 5.92 Å². The minimum absolute atomic E-state index is 0.0203. The van der Waals surface area contributed by atoms with E-state index in [1.54, 1.807) is 35.1 Å². The first-order valence-corrected chi connectivity index (χ1v) is 9.19. The summed E-state index contributed by atoms with van der Waals surface area (Å²) >= 11 is 0. The Morgan fingerprint density at radius 3 is 2.48 bits per heavy atom. The number of rotatable bonds is 3. The number of carbonyl (C=O) groups excluding carboxylic acids is 1. The second-order valence-electron chi connectivity index (χ2n) is 7.52. The summed E-state index contributed by atoms with van der Waals surface area (Å²) in [6.45, 7) is 2.57. The van der Waals surface area contributed by atoms with Crippen molar-refractivity contribution in [3.63, 3.8) is 0 Å². The van der Waals surface area contributed by atoms with Crippen LogP contribution in [-0.4, -0.2) is 50.6 Å². The number of hydrogen-bond donors (Lipinski definition) is 1. The van der Waals surface area contributed by atoms with E-state index in [4.69, 9.17) is 5.26 Å². The van der Waals surface area contributed by atoms with Crippen LogP contribution in [0.25, 0.3) is 5.69 Å². The highest BCUT2D eigenvalue weighted by atomic mass is 19.4. The van der Waals surface area contributed by atoms with Gasteiger partial charge in [-0.05, 0) is 49.6 Å². The number of piperidine rings is 1. The Kier molecular flexibility index (Phi) is 5.41. The van der Waals surface area contributed by atoms with Gasteiger partial charge in [0.1, 0.15) is 0 Å². The lowest BCUT2D eigenvalue weighted by Gasteiger charge is -2.40. The molecule has 1 aliphatic heterocycles. The van der Waals surface area contributed by atoms with E-state index in [1.807, 2.05) is 13.0 Å². The van der Waals surface area contributed by atoms with Gasteiger partial charge in [-0.25, -0.2) is 4.68 Å². The third kappa shape index (κ3) is 3.85. The molecule has 29 heavy (non-hydrogen) atoms. The number of aliphatic hydroxyl groups is 1. The minimum atomic E-state index is -5.03. The number of likely N-dealkylation sites (tertiary alicyclic amines) is 1. The molecule has 0 bridgehead atoms. The van der Waals surface area contributed by atoms with Crippen LogP contribution in [0.1, 0.15) is 37.4 Å². The Bertz CT molecular complexity index is 928. The van der Waals surface area contributed by atoms with Crippen molar-refractivity contribution in [1.29, 1.82) is 5.26 Å². The number of amides is 1. The third-order valence-corrected chi connectivity index (χ3v) is 5.45. The summed E-state index contributed by atoms with van der Waals surface area (Å²) in [5.41, 5.74) is -1.21. The number of aromatic nitrogens is 2. The zero-order valence-corrected chi connectivity index (χ0v) is 16.0. The van der Waals surface area contributed by atoms with Gasteiger partial charge in [-0.15, -0.1) is 0 Å². The van der Waals surface area contributed by atoms with Gasteiger partial charge in [0.15, 0.2) is 0 Å². The van der Waals surface area contributed by atoms with Crippen LogP contribution in [0.15, 0.2) is 36.5 Å². The van der Waals surface area contributed by atoms with E-state index in [9.17, 15) is 23.1 Å². The summed E-state index contributed by atoms with van der Waals surface area (Å²) in [5, 5.41) is 23.0. The highest BCUT2D eigenvalue weighted by Gasteiger charge is 2.57. The van der Waals surface area contributed by atoms with Crippen molar-refractivity contribution >= 4 is 5.91 Å². The molecule has 154 valence electrons. The smallest absolute Gasteiger partial charge is 0.373 e. The zero-order chi connectivity index (χ0) is 21.4. The Balaban J connectivity index is 1.79. The number of nitriles is 1. The Labute approximate surface area is 166 Å². The number of halogens is 3. The van der Waals surface area contributed by atoms with E-state index in [-0.39, 0.29) is 24.9 Å². The van der Waals surface area contributed by atoms with Gasteiger partial charge in [0.2, 0.25) is 5.60 Å². The molecule has 0 spiro atoms. The van der Waals surface area contributed by atoms with Crippen LogP contribution in [0.2, 0.25) is 0 Å². The molecule has 0 saturated carbocycles. The molecule has 1 unspecified atom stereocenters. The second kappa shape index (κ2) is 7.52. The van der Waals surface area contributed by atoms with Gasteiger partial charge in [-0.3, -0.25) is 4.79 Å². The molecule has 1 N–H and O–H groups in total. The number of hydrogen-bond acceptors (Lipinski definition) is 4. The fourth-order valence-corrected chi connectivity index (χ4v) is 3.69. The first-order valence-electron chi connectivity index (χ1n) is 9.19. The average Bonchev–Trinajstić information content (AvgIpc) is 3.16. The van der Waals surface area contributed by atoms with Crippen molar-refractivity contribution in [2.75, 3.05) is 13.1 Å². The van der Waals surface area contributed by atoms with Crippen molar-refractivity contribution in [3.8, 4) is 11.8 Å². The maximum atomic E-state index is 13.0. The average molecular weight is 406 g/mol. The normalized spacial score (nSPS) is 22.0. The SMILES string of the molecule is C[C@@H]1CN(C(=O)C(C)(O)C(F)(F)F)CC[C@@H]1c1ccnn1-c1ccc(C#N)cc1. The summed E-state index contributed by atoms with van der Waals surface area (Å²) in [4.78, 5) is 13.3. The van der Waals surface area contributed by atoms with Gasteiger partial charge in [-0.1, -0.05) is 6.92 Å². The largest absolute Gasteiger partial charge is 0.426 e. The topological polar surface area (TPSA) is 82.2 Å². The molecule has 1 aromatic carbocycles. The number of nitrogens with zero attached hydrogens (tertiary/aromatic N) is 4. The van der Waals surface area contributed by atoms with Crippen LogP contribution >= 0.6 is 0 Å². The van der Waals surface area contributed by atoms with Gasteiger partial charge in [0, 0.05) is 30.9 Å². The number of alkyl halides is 3. The van der Waals surface area contributed by atoms with Gasteiger partial charge in [0.25, 0.3) is 5.91 Å². The molecule has 1 aliphatic rings. The summed E-state index contributed by atoms with van der Waals surface area (Å²) in [7, 11) is 0. The van der Waals surface area contributed by atoms with Gasteiger partial charge in [-0.2, -0.15) is 23.5 Å². The van der Waals surface area contributed by atoms with Gasteiger partial charge < -0.3 is 10.0 Å². The molecule has 1 saturated heterocycles. The fraction of sp³-hybridized carbons (Fsp3) is 0.450. The van der Waals surface area contributed by atoms with Crippen LogP contribution in [0.5, 0.6) is 0 Å². The third-order valence-electron chi connectivity index (χ3n) is 5.45. The van der Waals surface area contributed by atoms with E-state index in [2.05, 4.69) is 11.2 Å². The summed E-state index contributed by atoms with van der Waals surface area (Å²) < 4.78 is 40.7. The highest BCUT2D eigenvalue weighted by Crippen LogP contribution is 2.37. The van der Waals surface area contributed by atoms with Crippen LogP contribution in [0.4, 0.5) is 13.2 Å². The van der Waals surface area contributed by atoms with Crippen LogP contribution < -0.4 is 0 Å². The maximum absolute atomic E-state index is 13.0. The van der Waals surface area contributed by atoms with E-state index in [1.165, 1.54) is 0 Å². The molecule has 2 heterocycles. The summed E-state index contributed by atoms with van der Waals surface area (Å²) in [6.07, 6.45) is -2.94. The minimum Gasteiger partial charge on any atom is -0.373 e. The molecule has 0 aliphatic carbocycles. The highest BCUT2D eigenvalue weighted by molar-refractivity contribution is 5.85. The number of carbonyl (C=O) groups is 1. The molecule has 3 rings (SSSR count). The van der Waals surface area contributed by atoms with Crippen molar-refractivity contribution < 1.29 is 23.1 Å². The summed E-state index contributed by atoms with van der Waals surface area (Å²) in [6, 6.07) is 10.8. The molecular weight excluding hydrogens is 385 g/mol. The maximum Gasteiger partial charge on any atom is 0.426 e. The van der Waals surface area contributed by atoms with E-state index in [0.717, 1.165) is 16.3 Å². The predicted octanol–water partition coefficient (Wildman–Crippen LogP) is 3.01. The molecule has 2 aromatic rings. The zero-order valence-electron chi connectivity index (χ0n) is 16.0. The van der Waals surface area contributed by atoms with Crippen molar-refractivity contribution in [1.82, 2.24) is 14.7 Å². The molecular formula is C20H21F3N4O2. The molecule has 1 aromatic heterocycles. The van der Waals surface area contributed by atoms with Crippen molar-refractivity contribution in [2.45, 2.75) is 38.0 Å². The quantitative estimate of drug-likeness (QED) is 0.850. The Morgan fingerprint density at radius 2 is 1.93 bits per heavy atom. The van der Waals surface area contributed by atoms with Gasteiger partial charge in [0.05, 0.1) is 17.3 Å². The van der Waals surface area contributed by atoms with Crippen molar-refractivity contribution in [3.05, 3.63) is 47.8 Å². The number of benzene rings is 1. The monoisotopic (exact) mass is 406 g/mol. The molecule has 9 heteroatoms. The molecule has 1 fully saturated rings. The van der Waals surface area contributed by atoms with Crippen LogP contribution in [0.3, 0.4) is 0 Å². The lowest BCUT2D eigenvalue weighted by atomic mass is 9.83. The van der Waals surface area contributed by atoms with Crippen LogP contribution in [0, 0.1) is 17.2 Å². The lowest BCUT2D eigenvalue weighted by Crippen LogP contribution is -2.58. The Hall–Kier alpha value is -2.86. The summed E-state index contributed by atoms with van der Waals surface area (Å²) in [5.74, 6) is -1.48. The Morgan fingerprint density at radius 1 is 1.28 bits per heavy atom. The molecule has 0 radical (unpaired) electrons. The van der Waals surface area contributed by atoms with Gasteiger partial charge >= 0.3 is 6.18 Å².